The molecule has 0 N–H and O–H groups in total. The van der Waals surface area contributed by atoms with Crippen LogP contribution in [0.25, 0.3) is 0 Å². The second-order valence-corrected chi connectivity index (χ2v) is 3.24. The van der Waals surface area contributed by atoms with Gasteiger partial charge in [0.15, 0.2) is 5.88 Å². The van der Waals surface area contributed by atoms with Crippen molar-refractivity contribution in [2.45, 2.75) is 26.3 Å². The number of rotatable bonds is 2. The summed E-state index contributed by atoms with van der Waals surface area (Å²) in [7, 11) is 0. The van der Waals surface area contributed by atoms with Crippen molar-refractivity contribution < 1.29 is 4.74 Å². The van der Waals surface area contributed by atoms with Crippen LogP contribution in [-0.2, 0) is 4.74 Å². The highest BCUT2D eigenvalue weighted by Gasteiger charge is 2.22. The van der Waals surface area contributed by atoms with E-state index in [0.29, 0.717) is 11.9 Å². The van der Waals surface area contributed by atoms with Gasteiger partial charge in [0.05, 0.1) is 6.61 Å². The van der Waals surface area contributed by atoms with E-state index in [0.717, 1.165) is 18.7 Å². The maximum atomic E-state index is 5.37. The molecule has 0 aromatic heterocycles. The quantitative estimate of drug-likeness (QED) is 0.604. The first kappa shape index (κ1) is 9.90. The predicted octanol–water partition coefficient (Wildman–Crippen LogP) is 2.66. The Morgan fingerprint density at radius 1 is 1.69 bits per heavy atom. The zero-order valence-corrected chi connectivity index (χ0v) is 8.42. The monoisotopic (exact) mass is 179 g/mol. The predicted molar refractivity (Wildman–Crippen MR) is 55.0 cm³/mol. The zero-order valence-electron chi connectivity index (χ0n) is 8.42. The van der Waals surface area contributed by atoms with Gasteiger partial charge in [0.1, 0.15) is 0 Å². The Morgan fingerprint density at radius 2 is 2.38 bits per heavy atom. The summed E-state index contributed by atoms with van der Waals surface area (Å²) in [6, 6.07) is 0.435. The minimum absolute atomic E-state index is 0.435. The maximum absolute atomic E-state index is 5.37. The van der Waals surface area contributed by atoms with E-state index >= 15 is 0 Å². The maximum Gasteiger partial charge on any atom is 0.186 e. The summed E-state index contributed by atoms with van der Waals surface area (Å²) in [4.78, 5) is 2.03. The molecule has 1 saturated heterocycles. The first-order valence-electron chi connectivity index (χ1n) is 4.59. The van der Waals surface area contributed by atoms with Crippen molar-refractivity contribution in [3.8, 4) is 0 Å². The lowest BCUT2D eigenvalue weighted by Crippen LogP contribution is -2.36. The highest BCUT2D eigenvalue weighted by atomic mass is 16.5. The Bertz CT molecular complexity index is 242. The summed E-state index contributed by atoms with van der Waals surface area (Å²) >= 11 is 0. The Morgan fingerprint density at radius 3 is 2.92 bits per heavy atom. The SMILES string of the molecule is C=C(/C=C\C)N1C(=C)OCC[C@@H]1C. The molecule has 0 amide bonds. The average Bonchev–Trinajstić information content (AvgIpc) is 2.04. The van der Waals surface area contributed by atoms with Crippen LogP contribution in [0.2, 0.25) is 0 Å². The largest absolute Gasteiger partial charge is 0.479 e. The standard InChI is InChI=1S/C11H17NO/c1-5-6-9(2)12-10(3)7-8-13-11(12)4/h5-6,10H,2,4,7-8H2,1,3H3/b6-5-/t10-/m0/s1. The van der Waals surface area contributed by atoms with Gasteiger partial charge in [-0.05, 0) is 26.5 Å². The first-order chi connectivity index (χ1) is 6.16. The van der Waals surface area contributed by atoms with Crippen LogP contribution >= 0.6 is 0 Å². The number of ether oxygens (including phenoxy) is 1. The molecule has 0 aliphatic carbocycles. The van der Waals surface area contributed by atoms with Gasteiger partial charge in [-0.15, -0.1) is 0 Å². The second kappa shape index (κ2) is 4.17. The number of allylic oxidation sites excluding steroid dienone is 2. The van der Waals surface area contributed by atoms with Crippen molar-refractivity contribution in [1.29, 1.82) is 0 Å². The fourth-order valence-corrected chi connectivity index (χ4v) is 1.51. The summed E-state index contributed by atoms with van der Waals surface area (Å²) < 4.78 is 5.37. The molecule has 1 fully saturated rings. The lowest BCUT2D eigenvalue weighted by atomic mass is 10.1. The summed E-state index contributed by atoms with van der Waals surface area (Å²) in [6.07, 6.45) is 4.96. The molecule has 2 heteroatoms. The molecule has 0 saturated carbocycles. The van der Waals surface area contributed by atoms with Gasteiger partial charge in [-0.2, -0.15) is 0 Å². The van der Waals surface area contributed by atoms with Gasteiger partial charge in [-0.1, -0.05) is 12.7 Å². The Labute approximate surface area is 80.2 Å². The van der Waals surface area contributed by atoms with E-state index < -0.39 is 0 Å². The molecule has 0 spiro atoms. The lowest BCUT2D eigenvalue weighted by Gasteiger charge is -2.36. The molecule has 1 rings (SSSR count). The molecule has 1 aliphatic heterocycles. The van der Waals surface area contributed by atoms with Crippen molar-refractivity contribution >= 4 is 0 Å². The molecular weight excluding hydrogens is 162 g/mol. The van der Waals surface area contributed by atoms with Crippen molar-refractivity contribution in [2.75, 3.05) is 6.61 Å². The van der Waals surface area contributed by atoms with Crippen LogP contribution in [0.4, 0.5) is 0 Å². The van der Waals surface area contributed by atoms with E-state index in [1.807, 2.05) is 24.0 Å². The van der Waals surface area contributed by atoms with Gasteiger partial charge < -0.3 is 9.64 Å². The van der Waals surface area contributed by atoms with E-state index in [1.54, 1.807) is 0 Å². The zero-order chi connectivity index (χ0) is 9.84. The molecule has 1 heterocycles. The Balaban J connectivity index is 2.74. The number of hydrogen-bond donors (Lipinski definition) is 0. The van der Waals surface area contributed by atoms with Crippen molar-refractivity contribution in [3.05, 3.63) is 36.9 Å². The van der Waals surface area contributed by atoms with Crippen LogP contribution in [0.1, 0.15) is 20.3 Å². The molecule has 1 aliphatic rings. The van der Waals surface area contributed by atoms with Gasteiger partial charge in [0.2, 0.25) is 0 Å². The third-order valence-electron chi connectivity index (χ3n) is 2.18. The highest BCUT2D eigenvalue weighted by molar-refractivity contribution is 5.18. The van der Waals surface area contributed by atoms with Crippen LogP contribution < -0.4 is 0 Å². The molecule has 0 aromatic carbocycles. The van der Waals surface area contributed by atoms with Gasteiger partial charge in [-0.3, -0.25) is 0 Å². The average molecular weight is 179 g/mol. The molecule has 1 atom stereocenters. The molecule has 72 valence electrons. The molecular formula is C11H17NO. The first-order valence-corrected chi connectivity index (χ1v) is 4.59. The summed E-state index contributed by atoms with van der Waals surface area (Å²) in [5.41, 5.74) is 0.944. The fourth-order valence-electron chi connectivity index (χ4n) is 1.51. The van der Waals surface area contributed by atoms with Gasteiger partial charge in [-0.25, -0.2) is 0 Å². The van der Waals surface area contributed by atoms with Gasteiger partial charge >= 0.3 is 0 Å². The molecule has 0 radical (unpaired) electrons. The third kappa shape index (κ3) is 2.14. The number of hydrogen-bond acceptors (Lipinski definition) is 2. The third-order valence-corrected chi connectivity index (χ3v) is 2.18. The van der Waals surface area contributed by atoms with E-state index in [2.05, 4.69) is 20.1 Å². The Kier molecular flexibility index (Phi) is 3.18. The van der Waals surface area contributed by atoms with Crippen LogP contribution in [0.5, 0.6) is 0 Å². The van der Waals surface area contributed by atoms with E-state index in [-0.39, 0.29) is 0 Å². The summed E-state index contributed by atoms with van der Waals surface area (Å²) in [5, 5.41) is 0. The lowest BCUT2D eigenvalue weighted by molar-refractivity contribution is 0.0562. The number of nitrogens with zero attached hydrogens (tertiary/aromatic N) is 1. The van der Waals surface area contributed by atoms with Crippen LogP contribution in [0, 0.1) is 0 Å². The van der Waals surface area contributed by atoms with Crippen LogP contribution in [-0.4, -0.2) is 17.5 Å². The van der Waals surface area contributed by atoms with Crippen molar-refractivity contribution in [2.24, 2.45) is 0 Å². The van der Waals surface area contributed by atoms with E-state index in [4.69, 9.17) is 4.74 Å². The van der Waals surface area contributed by atoms with Crippen molar-refractivity contribution in [1.82, 2.24) is 4.90 Å². The Hall–Kier alpha value is -1.18. The van der Waals surface area contributed by atoms with Crippen LogP contribution in [0.3, 0.4) is 0 Å². The molecule has 0 bridgehead atoms. The summed E-state index contributed by atoms with van der Waals surface area (Å²) in [6.45, 7) is 12.7. The van der Waals surface area contributed by atoms with Gasteiger partial charge in [0, 0.05) is 18.2 Å². The topological polar surface area (TPSA) is 12.5 Å². The minimum atomic E-state index is 0.435. The molecule has 0 aromatic rings. The van der Waals surface area contributed by atoms with E-state index in [9.17, 15) is 0 Å². The fraction of sp³-hybridized carbons (Fsp3) is 0.455. The summed E-state index contributed by atoms with van der Waals surface area (Å²) in [5.74, 6) is 0.710. The highest BCUT2D eigenvalue weighted by Crippen LogP contribution is 2.23. The second-order valence-electron chi connectivity index (χ2n) is 3.24. The molecule has 2 nitrogen and oxygen atoms in total. The minimum Gasteiger partial charge on any atom is -0.479 e. The molecule has 0 unspecified atom stereocenters. The van der Waals surface area contributed by atoms with Crippen molar-refractivity contribution in [3.63, 3.8) is 0 Å². The normalized spacial score (nSPS) is 23.4. The molecule has 13 heavy (non-hydrogen) atoms. The van der Waals surface area contributed by atoms with E-state index in [1.165, 1.54) is 0 Å². The van der Waals surface area contributed by atoms with Crippen LogP contribution in [0.15, 0.2) is 36.9 Å². The smallest absolute Gasteiger partial charge is 0.186 e. The van der Waals surface area contributed by atoms with Gasteiger partial charge in [0.25, 0.3) is 0 Å².